The Labute approximate surface area is 106 Å². The minimum absolute atomic E-state index is 0.240. The number of halogens is 1. The third kappa shape index (κ3) is 3.60. The second kappa shape index (κ2) is 6.21. The predicted molar refractivity (Wildman–Crippen MR) is 67.0 cm³/mol. The number of rotatable bonds is 6. The van der Waals surface area contributed by atoms with Gasteiger partial charge in [-0.2, -0.15) is 0 Å². The SMILES string of the molecule is Cc1ccc(OCCNCc2ccco2)cc1F. The molecule has 1 aromatic heterocycles. The van der Waals surface area contributed by atoms with E-state index >= 15 is 0 Å². The van der Waals surface area contributed by atoms with Crippen molar-refractivity contribution in [1.29, 1.82) is 0 Å². The van der Waals surface area contributed by atoms with Crippen LogP contribution in [0.25, 0.3) is 0 Å². The highest BCUT2D eigenvalue weighted by molar-refractivity contribution is 5.27. The van der Waals surface area contributed by atoms with Crippen LogP contribution in [0.2, 0.25) is 0 Å². The van der Waals surface area contributed by atoms with Crippen molar-refractivity contribution in [2.24, 2.45) is 0 Å². The highest BCUT2D eigenvalue weighted by atomic mass is 19.1. The van der Waals surface area contributed by atoms with Crippen LogP contribution in [0, 0.1) is 12.7 Å². The molecule has 0 aliphatic heterocycles. The van der Waals surface area contributed by atoms with E-state index in [4.69, 9.17) is 9.15 Å². The molecule has 0 amide bonds. The first kappa shape index (κ1) is 12.6. The number of benzene rings is 1. The lowest BCUT2D eigenvalue weighted by atomic mass is 10.2. The molecule has 0 saturated heterocycles. The van der Waals surface area contributed by atoms with Gasteiger partial charge < -0.3 is 14.5 Å². The van der Waals surface area contributed by atoms with Crippen LogP contribution in [0.5, 0.6) is 5.75 Å². The number of hydrogen-bond donors (Lipinski definition) is 1. The van der Waals surface area contributed by atoms with Crippen LogP contribution >= 0.6 is 0 Å². The van der Waals surface area contributed by atoms with Gasteiger partial charge in [-0.15, -0.1) is 0 Å². The third-order valence-electron chi connectivity index (χ3n) is 2.57. The zero-order valence-corrected chi connectivity index (χ0v) is 10.3. The molecular weight excluding hydrogens is 233 g/mol. The minimum atomic E-state index is -0.240. The van der Waals surface area contributed by atoms with Crippen molar-refractivity contribution >= 4 is 0 Å². The predicted octanol–water partition coefficient (Wildman–Crippen LogP) is 2.90. The maximum absolute atomic E-state index is 13.2. The Hall–Kier alpha value is -1.81. The van der Waals surface area contributed by atoms with Gasteiger partial charge in [0.25, 0.3) is 0 Å². The Balaban J connectivity index is 1.67. The van der Waals surface area contributed by atoms with Gasteiger partial charge in [0.2, 0.25) is 0 Å². The molecule has 0 unspecified atom stereocenters. The van der Waals surface area contributed by atoms with Gasteiger partial charge in [-0.05, 0) is 30.7 Å². The second-order valence-corrected chi connectivity index (χ2v) is 4.02. The molecule has 18 heavy (non-hydrogen) atoms. The number of ether oxygens (including phenoxy) is 1. The molecule has 1 N–H and O–H groups in total. The van der Waals surface area contributed by atoms with Gasteiger partial charge in [0.1, 0.15) is 23.9 Å². The van der Waals surface area contributed by atoms with Gasteiger partial charge in [-0.1, -0.05) is 6.07 Å². The van der Waals surface area contributed by atoms with Crippen LogP contribution in [-0.2, 0) is 6.54 Å². The van der Waals surface area contributed by atoms with Crippen LogP contribution in [0.3, 0.4) is 0 Å². The van der Waals surface area contributed by atoms with Gasteiger partial charge in [-0.25, -0.2) is 4.39 Å². The van der Waals surface area contributed by atoms with Crippen molar-refractivity contribution < 1.29 is 13.5 Å². The van der Waals surface area contributed by atoms with E-state index in [0.29, 0.717) is 31.0 Å². The van der Waals surface area contributed by atoms with Crippen LogP contribution in [0.4, 0.5) is 4.39 Å². The maximum atomic E-state index is 13.2. The second-order valence-electron chi connectivity index (χ2n) is 4.02. The van der Waals surface area contributed by atoms with Gasteiger partial charge in [-0.3, -0.25) is 0 Å². The molecular formula is C14H16FNO2. The Bertz CT molecular complexity index is 483. The zero-order chi connectivity index (χ0) is 12.8. The molecule has 0 spiro atoms. The molecule has 0 radical (unpaired) electrons. The highest BCUT2D eigenvalue weighted by Crippen LogP contribution is 2.15. The monoisotopic (exact) mass is 249 g/mol. The summed E-state index contributed by atoms with van der Waals surface area (Å²) in [5.41, 5.74) is 0.623. The first-order valence-corrected chi connectivity index (χ1v) is 5.88. The standard InChI is InChI=1S/C14H16FNO2/c1-11-4-5-12(9-14(11)15)18-8-6-16-10-13-3-2-7-17-13/h2-5,7,9,16H,6,8,10H2,1H3. The number of hydrogen-bond acceptors (Lipinski definition) is 3. The van der Waals surface area contributed by atoms with Crippen molar-refractivity contribution in [3.8, 4) is 5.75 Å². The highest BCUT2D eigenvalue weighted by Gasteiger charge is 2.00. The summed E-state index contributed by atoms with van der Waals surface area (Å²) in [5, 5.41) is 3.17. The summed E-state index contributed by atoms with van der Waals surface area (Å²) in [6.45, 7) is 3.56. The maximum Gasteiger partial charge on any atom is 0.129 e. The lowest BCUT2D eigenvalue weighted by Crippen LogP contribution is -2.20. The summed E-state index contributed by atoms with van der Waals surface area (Å²) in [5.74, 6) is 1.20. The zero-order valence-electron chi connectivity index (χ0n) is 10.3. The molecule has 0 aliphatic rings. The molecule has 0 fully saturated rings. The van der Waals surface area contributed by atoms with Gasteiger partial charge in [0, 0.05) is 12.6 Å². The Morgan fingerprint density at radius 1 is 1.33 bits per heavy atom. The van der Waals surface area contributed by atoms with Gasteiger partial charge in [0.05, 0.1) is 12.8 Å². The lowest BCUT2D eigenvalue weighted by Gasteiger charge is -2.07. The van der Waals surface area contributed by atoms with E-state index in [1.54, 1.807) is 25.3 Å². The topological polar surface area (TPSA) is 34.4 Å². The van der Waals surface area contributed by atoms with Crippen LogP contribution < -0.4 is 10.1 Å². The molecule has 2 rings (SSSR count). The van der Waals surface area contributed by atoms with E-state index in [0.717, 1.165) is 5.76 Å². The van der Waals surface area contributed by atoms with Crippen LogP contribution in [-0.4, -0.2) is 13.2 Å². The Kier molecular flexibility index (Phi) is 4.36. The summed E-state index contributed by atoms with van der Waals surface area (Å²) < 4.78 is 23.8. The fourth-order valence-corrected chi connectivity index (χ4v) is 1.53. The smallest absolute Gasteiger partial charge is 0.129 e. The van der Waals surface area contributed by atoms with E-state index in [1.807, 2.05) is 12.1 Å². The number of aryl methyl sites for hydroxylation is 1. The summed E-state index contributed by atoms with van der Waals surface area (Å²) in [6, 6.07) is 8.64. The molecule has 2 aromatic rings. The molecule has 0 bridgehead atoms. The summed E-state index contributed by atoms with van der Waals surface area (Å²) >= 11 is 0. The minimum Gasteiger partial charge on any atom is -0.492 e. The molecule has 3 nitrogen and oxygen atoms in total. The van der Waals surface area contributed by atoms with Crippen molar-refractivity contribution in [3.63, 3.8) is 0 Å². The van der Waals surface area contributed by atoms with Gasteiger partial charge >= 0.3 is 0 Å². The molecule has 0 aliphatic carbocycles. The fourth-order valence-electron chi connectivity index (χ4n) is 1.53. The van der Waals surface area contributed by atoms with E-state index < -0.39 is 0 Å². The molecule has 4 heteroatoms. The van der Waals surface area contributed by atoms with Crippen molar-refractivity contribution in [2.45, 2.75) is 13.5 Å². The summed E-state index contributed by atoms with van der Waals surface area (Å²) in [7, 11) is 0. The average molecular weight is 249 g/mol. The first-order valence-electron chi connectivity index (χ1n) is 5.88. The van der Waals surface area contributed by atoms with Crippen molar-refractivity contribution in [2.75, 3.05) is 13.2 Å². The van der Waals surface area contributed by atoms with E-state index in [1.165, 1.54) is 6.07 Å². The molecule has 0 saturated carbocycles. The summed E-state index contributed by atoms with van der Waals surface area (Å²) in [4.78, 5) is 0. The van der Waals surface area contributed by atoms with E-state index in [2.05, 4.69) is 5.32 Å². The summed E-state index contributed by atoms with van der Waals surface area (Å²) in [6.07, 6.45) is 1.64. The fraction of sp³-hybridized carbons (Fsp3) is 0.286. The molecule has 0 atom stereocenters. The van der Waals surface area contributed by atoms with E-state index in [-0.39, 0.29) is 5.82 Å². The third-order valence-corrected chi connectivity index (χ3v) is 2.57. The average Bonchev–Trinajstić information content (AvgIpc) is 2.86. The number of furan rings is 1. The normalized spacial score (nSPS) is 10.6. The molecule has 96 valence electrons. The lowest BCUT2D eigenvalue weighted by molar-refractivity contribution is 0.309. The quantitative estimate of drug-likeness (QED) is 0.799. The molecule has 1 aromatic carbocycles. The first-order chi connectivity index (χ1) is 8.75. The van der Waals surface area contributed by atoms with Crippen molar-refractivity contribution in [1.82, 2.24) is 5.32 Å². The largest absolute Gasteiger partial charge is 0.492 e. The Morgan fingerprint density at radius 2 is 2.22 bits per heavy atom. The number of nitrogens with one attached hydrogen (secondary N) is 1. The van der Waals surface area contributed by atoms with Crippen molar-refractivity contribution in [3.05, 3.63) is 53.7 Å². The van der Waals surface area contributed by atoms with Crippen LogP contribution in [0.15, 0.2) is 41.0 Å². The van der Waals surface area contributed by atoms with Gasteiger partial charge in [0.15, 0.2) is 0 Å². The van der Waals surface area contributed by atoms with E-state index in [9.17, 15) is 4.39 Å². The molecule has 1 heterocycles. The van der Waals surface area contributed by atoms with Crippen LogP contribution in [0.1, 0.15) is 11.3 Å². The Morgan fingerprint density at radius 3 is 2.94 bits per heavy atom.